The lowest BCUT2D eigenvalue weighted by atomic mass is 9.90. The van der Waals surface area contributed by atoms with Crippen LogP contribution < -0.4 is 11.1 Å². The van der Waals surface area contributed by atoms with Gasteiger partial charge in [0.05, 0.1) is 0 Å². The largest absolute Gasteiger partial charge is 0.329 e. The normalized spacial score (nSPS) is 39.0. The van der Waals surface area contributed by atoms with E-state index in [1.807, 2.05) is 0 Å². The van der Waals surface area contributed by atoms with Gasteiger partial charge in [0, 0.05) is 12.1 Å². The molecule has 2 fully saturated rings. The molecule has 100 valence electrons. The quantitative estimate of drug-likeness (QED) is 0.763. The molecule has 3 N–H and O–H groups in total. The molecule has 3 atom stereocenters. The molecule has 1 aliphatic heterocycles. The fourth-order valence-electron chi connectivity index (χ4n) is 3.05. The van der Waals surface area contributed by atoms with Crippen LogP contribution in [0.25, 0.3) is 0 Å². The van der Waals surface area contributed by atoms with Crippen molar-refractivity contribution >= 4 is 0 Å². The van der Waals surface area contributed by atoms with E-state index in [9.17, 15) is 0 Å². The number of likely N-dealkylation sites (tertiary alicyclic amines) is 1. The van der Waals surface area contributed by atoms with Crippen LogP contribution >= 0.6 is 0 Å². The molecule has 1 saturated carbocycles. The second kappa shape index (κ2) is 5.68. The Morgan fingerprint density at radius 3 is 2.71 bits per heavy atom. The van der Waals surface area contributed by atoms with Crippen LogP contribution in [0.3, 0.4) is 0 Å². The summed E-state index contributed by atoms with van der Waals surface area (Å²) in [5, 5.41) is 3.81. The fourth-order valence-corrected chi connectivity index (χ4v) is 3.05. The van der Waals surface area contributed by atoms with E-state index in [1.165, 1.54) is 51.9 Å². The molecule has 1 heterocycles. The molecule has 2 aliphatic rings. The number of rotatable bonds is 5. The van der Waals surface area contributed by atoms with E-state index in [2.05, 4.69) is 24.1 Å². The molecule has 17 heavy (non-hydrogen) atoms. The number of nitrogens with zero attached hydrogens (tertiary/aromatic N) is 1. The van der Waals surface area contributed by atoms with E-state index in [4.69, 9.17) is 5.73 Å². The van der Waals surface area contributed by atoms with Crippen LogP contribution in [0.15, 0.2) is 0 Å². The molecular weight excluding hydrogens is 210 g/mol. The maximum absolute atomic E-state index is 6.05. The van der Waals surface area contributed by atoms with Gasteiger partial charge in [0.15, 0.2) is 0 Å². The zero-order valence-corrected chi connectivity index (χ0v) is 11.5. The Bertz CT molecular complexity index is 244. The molecule has 0 aromatic carbocycles. The van der Waals surface area contributed by atoms with Crippen molar-refractivity contribution < 1.29 is 0 Å². The minimum atomic E-state index is 0.228. The summed E-state index contributed by atoms with van der Waals surface area (Å²) in [6, 6.07) is 0. The topological polar surface area (TPSA) is 41.3 Å². The van der Waals surface area contributed by atoms with Gasteiger partial charge in [-0.2, -0.15) is 0 Å². The lowest BCUT2D eigenvalue weighted by Crippen LogP contribution is -2.52. The molecule has 0 spiro atoms. The van der Waals surface area contributed by atoms with E-state index in [1.54, 1.807) is 0 Å². The van der Waals surface area contributed by atoms with Crippen LogP contribution in [-0.2, 0) is 0 Å². The lowest BCUT2D eigenvalue weighted by Gasteiger charge is -2.33. The summed E-state index contributed by atoms with van der Waals surface area (Å²) in [5.41, 5.74) is 6.28. The van der Waals surface area contributed by atoms with Crippen LogP contribution in [-0.4, -0.2) is 43.2 Å². The van der Waals surface area contributed by atoms with E-state index < -0.39 is 0 Å². The van der Waals surface area contributed by atoms with Crippen LogP contribution in [0.4, 0.5) is 0 Å². The third-order valence-electron chi connectivity index (χ3n) is 4.89. The number of hydrogen-bond acceptors (Lipinski definition) is 3. The van der Waals surface area contributed by atoms with E-state index in [0.29, 0.717) is 0 Å². The van der Waals surface area contributed by atoms with Crippen molar-refractivity contribution in [3.63, 3.8) is 0 Å². The standard InChI is InChI=1S/C14H29N3/c1-3-17-7-4-5-14(11-15,6-8-17)16-10-13-9-12(13)2/h12-13,16H,3-11,15H2,1-2H3. The highest BCUT2D eigenvalue weighted by Gasteiger charge is 2.36. The first-order valence-electron chi connectivity index (χ1n) is 7.36. The highest BCUT2D eigenvalue weighted by atomic mass is 15.1. The van der Waals surface area contributed by atoms with Gasteiger partial charge >= 0.3 is 0 Å². The summed E-state index contributed by atoms with van der Waals surface area (Å²) in [7, 11) is 0. The fraction of sp³-hybridized carbons (Fsp3) is 1.00. The zero-order valence-electron chi connectivity index (χ0n) is 11.5. The molecule has 0 aromatic rings. The second-order valence-corrected chi connectivity index (χ2v) is 6.13. The number of nitrogens with one attached hydrogen (secondary N) is 1. The molecular formula is C14H29N3. The summed E-state index contributed by atoms with van der Waals surface area (Å²) in [6.45, 7) is 10.2. The molecule has 0 amide bonds. The summed E-state index contributed by atoms with van der Waals surface area (Å²) < 4.78 is 0. The van der Waals surface area contributed by atoms with Gasteiger partial charge in [-0.05, 0) is 63.7 Å². The monoisotopic (exact) mass is 239 g/mol. The minimum Gasteiger partial charge on any atom is -0.329 e. The molecule has 3 heteroatoms. The summed E-state index contributed by atoms with van der Waals surface area (Å²) in [5.74, 6) is 1.86. The van der Waals surface area contributed by atoms with E-state index in [-0.39, 0.29) is 5.54 Å². The lowest BCUT2D eigenvalue weighted by molar-refractivity contribution is 0.263. The van der Waals surface area contributed by atoms with Gasteiger partial charge in [-0.25, -0.2) is 0 Å². The van der Waals surface area contributed by atoms with Gasteiger partial charge < -0.3 is 16.0 Å². The van der Waals surface area contributed by atoms with Gasteiger partial charge in [-0.15, -0.1) is 0 Å². The molecule has 0 bridgehead atoms. The highest BCUT2D eigenvalue weighted by Crippen LogP contribution is 2.37. The second-order valence-electron chi connectivity index (χ2n) is 6.13. The van der Waals surface area contributed by atoms with Gasteiger partial charge in [-0.1, -0.05) is 13.8 Å². The van der Waals surface area contributed by atoms with Gasteiger partial charge in [-0.3, -0.25) is 0 Å². The van der Waals surface area contributed by atoms with Crippen LogP contribution in [0, 0.1) is 11.8 Å². The summed E-state index contributed by atoms with van der Waals surface area (Å²) >= 11 is 0. The molecule has 3 nitrogen and oxygen atoms in total. The smallest absolute Gasteiger partial charge is 0.0316 e. The Hall–Kier alpha value is -0.120. The number of hydrogen-bond donors (Lipinski definition) is 2. The Morgan fingerprint density at radius 2 is 2.12 bits per heavy atom. The predicted octanol–water partition coefficient (Wildman–Crippen LogP) is 1.44. The summed E-state index contributed by atoms with van der Waals surface area (Å²) in [6.07, 6.45) is 5.17. The van der Waals surface area contributed by atoms with Crippen molar-refractivity contribution in [3.8, 4) is 0 Å². The molecule has 1 aliphatic carbocycles. The molecule has 0 aromatic heterocycles. The molecule has 0 radical (unpaired) electrons. The van der Waals surface area contributed by atoms with Crippen LogP contribution in [0.2, 0.25) is 0 Å². The van der Waals surface area contributed by atoms with Gasteiger partial charge in [0.2, 0.25) is 0 Å². The predicted molar refractivity (Wildman–Crippen MR) is 73.0 cm³/mol. The van der Waals surface area contributed by atoms with Gasteiger partial charge in [0.1, 0.15) is 0 Å². The zero-order chi connectivity index (χ0) is 12.3. The first-order chi connectivity index (χ1) is 8.19. The van der Waals surface area contributed by atoms with Crippen molar-refractivity contribution in [1.29, 1.82) is 0 Å². The Balaban J connectivity index is 1.84. The third kappa shape index (κ3) is 3.43. The first-order valence-corrected chi connectivity index (χ1v) is 7.36. The number of nitrogens with two attached hydrogens (primary N) is 1. The van der Waals surface area contributed by atoms with Crippen LogP contribution in [0.5, 0.6) is 0 Å². The van der Waals surface area contributed by atoms with E-state index in [0.717, 1.165) is 18.4 Å². The van der Waals surface area contributed by atoms with Crippen molar-refractivity contribution in [2.45, 2.75) is 45.1 Å². The van der Waals surface area contributed by atoms with Crippen LogP contribution in [0.1, 0.15) is 39.5 Å². The first kappa shape index (κ1) is 13.3. The Kier molecular flexibility index (Phi) is 4.45. The SMILES string of the molecule is CCN1CCCC(CN)(NCC2CC2C)CC1. The third-order valence-corrected chi connectivity index (χ3v) is 4.89. The Morgan fingerprint density at radius 1 is 1.35 bits per heavy atom. The van der Waals surface area contributed by atoms with Crippen molar-refractivity contribution in [2.24, 2.45) is 17.6 Å². The van der Waals surface area contributed by atoms with E-state index >= 15 is 0 Å². The van der Waals surface area contributed by atoms with Crippen molar-refractivity contribution in [2.75, 3.05) is 32.7 Å². The molecule has 1 saturated heterocycles. The molecule has 3 unspecified atom stereocenters. The van der Waals surface area contributed by atoms with Gasteiger partial charge in [0.25, 0.3) is 0 Å². The highest BCUT2D eigenvalue weighted by molar-refractivity contribution is 4.95. The van der Waals surface area contributed by atoms with Crippen molar-refractivity contribution in [3.05, 3.63) is 0 Å². The minimum absolute atomic E-state index is 0.228. The maximum atomic E-state index is 6.05. The van der Waals surface area contributed by atoms with Crippen molar-refractivity contribution in [1.82, 2.24) is 10.2 Å². The Labute approximate surface area is 106 Å². The average Bonchev–Trinajstić information content (AvgIpc) is 3.08. The summed E-state index contributed by atoms with van der Waals surface area (Å²) in [4.78, 5) is 2.55. The maximum Gasteiger partial charge on any atom is 0.0316 e. The molecule has 2 rings (SSSR count). The average molecular weight is 239 g/mol.